The molecule has 0 saturated carbocycles. The number of allylic oxidation sites excluding steroid dienone is 4. The minimum absolute atomic E-state index is 1.28. The minimum Gasteiger partial charge on any atom is -0.0845 e. The molecule has 1 aliphatic carbocycles. The van der Waals surface area contributed by atoms with Crippen LogP contribution in [0.4, 0.5) is 0 Å². The smallest absolute Gasteiger partial charge is 0.0279 e. The van der Waals surface area contributed by atoms with Crippen LogP contribution in [0.3, 0.4) is 0 Å². The Bertz CT molecular complexity index is 118. The van der Waals surface area contributed by atoms with E-state index in [4.69, 9.17) is 0 Å². The van der Waals surface area contributed by atoms with E-state index in [-0.39, 0.29) is 0 Å². The van der Waals surface area contributed by atoms with Crippen molar-refractivity contribution in [2.75, 3.05) is 0 Å². The van der Waals surface area contributed by atoms with Crippen LogP contribution < -0.4 is 0 Å². The topological polar surface area (TPSA) is 0 Å². The first-order chi connectivity index (χ1) is 3.93. The van der Waals surface area contributed by atoms with Crippen molar-refractivity contribution in [2.24, 2.45) is 0 Å². The first-order valence-electron chi connectivity index (χ1n) is 3.25. The van der Waals surface area contributed by atoms with Crippen LogP contribution in [0.5, 0.6) is 0 Å². The molecule has 0 spiro atoms. The zero-order valence-electron chi connectivity index (χ0n) is 5.35. The zero-order valence-corrected chi connectivity index (χ0v) is 5.35. The van der Waals surface area contributed by atoms with Gasteiger partial charge in [-0.05, 0) is 26.2 Å². The van der Waals surface area contributed by atoms with E-state index in [2.05, 4.69) is 25.2 Å². The predicted molar refractivity (Wildman–Crippen MR) is 36.7 cm³/mol. The summed E-state index contributed by atoms with van der Waals surface area (Å²) < 4.78 is 0. The monoisotopic (exact) mass is 108 g/mol. The van der Waals surface area contributed by atoms with Crippen molar-refractivity contribution >= 4 is 0 Å². The molecule has 0 heterocycles. The molecule has 0 nitrogen and oxygen atoms in total. The van der Waals surface area contributed by atoms with Gasteiger partial charge >= 0.3 is 0 Å². The fraction of sp³-hybridized carbons (Fsp3) is 0.500. The first-order valence-corrected chi connectivity index (χ1v) is 3.25. The van der Waals surface area contributed by atoms with Crippen molar-refractivity contribution in [2.45, 2.75) is 26.2 Å². The highest BCUT2D eigenvalue weighted by Crippen LogP contribution is 2.14. The van der Waals surface area contributed by atoms with E-state index in [1.807, 2.05) is 0 Å². The third-order valence-corrected chi connectivity index (χ3v) is 1.54. The van der Waals surface area contributed by atoms with Gasteiger partial charge in [-0.2, -0.15) is 0 Å². The van der Waals surface area contributed by atoms with Crippen LogP contribution in [0.15, 0.2) is 23.8 Å². The number of rotatable bonds is 0. The van der Waals surface area contributed by atoms with E-state index in [9.17, 15) is 0 Å². The number of hydrogen-bond donors (Lipinski definition) is 0. The molecule has 0 heteroatoms. The maximum Gasteiger partial charge on any atom is -0.0279 e. The molecule has 0 bridgehead atoms. The highest BCUT2D eigenvalue weighted by Gasteiger charge is 1.94. The molecule has 0 N–H and O–H groups in total. The van der Waals surface area contributed by atoms with Gasteiger partial charge in [-0.25, -0.2) is 0 Å². The van der Waals surface area contributed by atoms with E-state index in [1.165, 1.54) is 24.8 Å². The minimum atomic E-state index is 1.28. The fourth-order valence-electron chi connectivity index (χ4n) is 0.983. The summed E-state index contributed by atoms with van der Waals surface area (Å²) in [5, 5.41) is 0. The van der Waals surface area contributed by atoms with E-state index in [1.54, 1.807) is 0 Å². The van der Waals surface area contributed by atoms with E-state index >= 15 is 0 Å². The Morgan fingerprint density at radius 3 is 2.88 bits per heavy atom. The molecule has 0 aromatic carbocycles. The third-order valence-electron chi connectivity index (χ3n) is 1.54. The maximum atomic E-state index is 2.25. The lowest BCUT2D eigenvalue weighted by Crippen LogP contribution is -1.84. The van der Waals surface area contributed by atoms with Crippen LogP contribution in [0.25, 0.3) is 0 Å². The van der Waals surface area contributed by atoms with Crippen molar-refractivity contribution in [3.8, 4) is 0 Å². The van der Waals surface area contributed by atoms with Crippen molar-refractivity contribution in [3.05, 3.63) is 23.8 Å². The Hall–Kier alpha value is -0.520. The lowest BCUT2D eigenvalue weighted by Gasteiger charge is -2.04. The van der Waals surface area contributed by atoms with Gasteiger partial charge in [0.2, 0.25) is 0 Å². The highest BCUT2D eigenvalue weighted by molar-refractivity contribution is 5.20. The molecule has 0 radical (unpaired) electrons. The summed E-state index contributed by atoms with van der Waals surface area (Å²) in [5.41, 5.74) is 1.50. The molecule has 44 valence electrons. The second-order valence-electron chi connectivity index (χ2n) is 2.16. The molecule has 1 aliphatic rings. The zero-order chi connectivity index (χ0) is 5.82. The van der Waals surface area contributed by atoms with Crippen molar-refractivity contribution in [1.82, 2.24) is 0 Å². The lowest BCUT2D eigenvalue weighted by atomic mass is 10.0. The first kappa shape index (κ1) is 5.61. The number of hydrogen-bond acceptors (Lipinski definition) is 0. The van der Waals surface area contributed by atoms with Crippen LogP contribution in [0.1, 0.15) is 26.2 Å². The summed E-state index contributed by atoms with van der Waals surface area (Å²) in [6.07, 6.45) is 10.6. The molecular formula is C8H12. The van der Waals surface area contributed by atoms with Crippen LogP contribution in [0.2, 0.25) is 0 Å². The largest absolute Gasteiger partial charge is 0.0845 e. The third kappa shape index (κ3) is 1.22. The van der Waals surface area contributed by atoms with Gasteiger partial charge in [-0.15, -0.1) is 0 Å². The Kier molecular flexibility index (Phi) is 1.90. The van der Waals surface area contributed by atoms with E-state index in [0.717, 1.165) is 0 Å². The Balaban J connectivity index is 2.56. The molecule has 0 unspecified atom stereocenters. The molecule has 0 atom stereocenters. The Labute approximate surface area is 50.9 Å². The second kappa shape index (κ2) is 2.71. The van der Waals surface area contributed by atoms with E-state index < -0.39 is 0 Å². The summed E-state index contributed by atoms with van der Waals surface area (Å²) in [7, 11) is 0. The van der Waals surface area contributed by atoms with Gasteiger partial charge in [0.05, 0.1) is 0 Å². The highest BCUT2D eigenvalue weighted by atomic mass is 14.0. The SMILES string of the molecule is CC=C1C=CCCC1. The van der Waals surface area contributed by atoms with E-state index in [0.29, 0.717) is 0 Å². The summed E-state index contributed by atoms with van der Waals surface area (Å²) in [5.74, 6) is 0. The van der Waals surface area contributed by atoms with Gasteiger partial charge in [-0.1, -0.05) is 23.8 Å². The molecule has 1 rings (SSSR count). The predicted octanol–water partition coefficient (Wildman–Crippen LogP) is 2.67. The normalized spacial score (nSPS) is 24.4. The Morgan fingerprint density at radius 1 is 1.62 bits per heavy atom. The van der Waals surface area contributed by atoms with Gasteiger partial charge in [0, 0.05) is 0 Å². The van der Waals surface area contributed by atoms with Crippen LogP contribution in [0, 0.1) is 0 Å². The van der Waals surface area contributed by atoms with Crippen molar-refractivity contribution in [1.29, 1.82) is 0 Å². The van der Waals surface area contributed by atoms with Crippen LogP contribution in [-0.2, 0) is 0 Å². The quantitative estimate of drug-likeness (QED) is 0.447. The summed E-state index contributed by atoms with van der Waals surface area (Å²) in [6.45, 7) is 2.10. The van der Waals surface area contributed by atoms with Gasteiger partial charge in [0.15, 0.2) is 0 Å². The summed E-state index contributed by atoms with van der Waals surface area (Å²) in [6, 6.07) is 0. The fourth-order valence-corrected chi connectivity index (χ4v) is 0.983. The molecular weight excluding hydrogens is 96.1 g/mol. The van der Waals surface area contributed by atoms with Crippen LogP contribution >= 0.6 is 0 Å². The van der Waals surface area contributed by atoms with Crippen molar-refractivity contribution < 1.29 is 0 Å². The average molecular weight is 108 g/mol. The molecule has 0 aromatic heterocycles. The van der Waals surface area contributed by atoms with Crippen LogP contribution in [-0.4, -0.2) is 0 Å². The molecule has 0 amide bonds. The van der Waals surface area contributed by atoms with Gasteiger partial charge < -0.3 is 0 Å². The molecule has 0 aliphatic heterocycles. The van der Waals surface area contributed by atoms with Crippen molar-refractivity contribution in [3.63, 3.8) is 0 Å². The summed E-state index contributed by atoms with van der Waals surface area (Å²) in [4.78, 5) is 0. The second-order valence-corrected chi connectivity index (χ2v) is 2.16. The lowest BCUT2D eigenvalue weighted by molar-refractivity contribution is 0.819. The molecule has 8 heavy (non-hydrogen) atoms. The Morgan fingerprint density at radius 2 is 2.50 bits per heavy atom. The van der Waals surface area contributed by atoms with Gasteiger partial charge in [0.25, 0.3) is 0 Å². The average Bonchev–Trinajstić information content (AvgIpc) is 1.90. The van der Waals surface area contributed by atoms with Gasteiger partial charge in [-0.3, -0.25) is 0 Å². The molecule has 0 saturated heterocycles. The standard InChI is InChI=1S/C8H12/c1-2-8-6-4-3-5-7-8/h2,4,6H,3,5,7H2,1H3. The van der Waals surface area contributed by atoms with Gasteiger partial charge in [0.1, 0.15) is 0 Å². The molecule has 0 fully saturated rings. The molecule has 0 aromatic rings. The summed E-state index contributed by atoms with van der Waals surface area (Å²) >= 11 is 0. The maximum absolute atomic E-state index is 2.25.